The Morgan fingerprint density at radius 2 is 1.87 bits per heavy atom. The molecule has 6 nitrogen and oxygen atoms in total. The lowest BCUT2D eigenvalue weighted by Gasteiger charge is -2.34. The van der Waals surface area contributed by atoms with Crippen molar-refractivity contribution in [1.29, 1.82) is 0 Å². The minimum atomic E-state index is -3.54. The number of fused-ring (bicyclic) bond motifs is 1. The van der Waals surface area contributed by atoms with E-state index in [0.29, 0.717) is 0 Å². The van der Waals surface area contributed by atoms with Gasteiger partial charge in [-0.1, -0.05) is 32.0 Å². The minimum Gasteiger partial charge on any atom is -0.466 e. The Labute approximate surface area is 176 Å². The van der Waals surface area contributed by atoms with E-state index in [1.807, 2.05) is 13.0 Å². The predicted octanol–water partition coefficient (Wildman–Crippen LogP) is 4.60. The van der Waals surface area contributed by atoms with E-state index >= 15 is 0 Å². The Kier molecular flexibility index (Phi) is 5.10. The molecule has 0 fully saturated rings. The van der Waals surface area contributed by atoms with Crippen LogP contribution < -0.4 is 5.32 Å². The maximum Gasteiger partial charge on any atom is 0.287 e. The largest absolute Gasteiger partial charge is 0.466 e. The van der Waals surface area contributed by atoms with Crippen molar-refractivity contribution in [3.05, 3.63) is 77.1 Å². The molecule has 1 N–H and O–H groups in total. The number of amides is 1. The summed E-state index contributed by atoms with van der Waals surface area (Å²) in [4.78, 5) is 13.0. The van der Waals surface area contributed by atoms with E-state index in [-0.39, 0.29) is 39.5 Å². The molecule has 2 aromatic heterocycles. The molecule has 0 aliphatic heterocycles. The number of carbonyl (C=O) groups is 1. The molecule has 1 atom stereocenters. The van der Waals surface area contributed by atoms with E-state index in [1.165, 1.54) is 12.1 Å². The molecule has 2 heterocycles. The summed E-state index contributed by atoms with van der Waals surface area (Å²) in [5, 5.41) is 3.03. The van der Waals surface area contributed by atoms with Gasteiger partial charge in [-0.05, 0) is 49.1 Å². The third kappa shape index (κ3) is 4.21. The molecular formula is C23H25NO5S. The molecule has 1 amide bonds. The van der Waals surface area contributed by atoms with E-state index in [4.69, 9.17) is 8.83 Å². The maximum absolute atomic E-state index is 12.8. The number of nitrogens with one attached hydrogen (secondary N) is 1. The van der Waals surface area contributed by atoms with Gasteiger partial charge in [0.2, 0.25) is 0 Å². The summed E-state index contributed by atoms with van der Waals surface area (Å²) in [6.45, 7) is 6.19. The van der Waals surface area contributed by atoms with Crippen LogP contribution in [0.25, 0.3) is 0 Å². The summed E-state index contributed by atoms with van der Waals surface area (Å²) in [5.41, 5.74) is 0.992. The first-order chi connectivity index (χ1) is 14.1. The van der Waals surface area contributed by atoms with E-state index < -0.39 is 9.84 Å². The van der Waals surface area contributed by atoms with Gasteiger partial charge in [-0.25, -0.2) is 8.42 Å². The van der Waals surface area contributed by atoms with Crippen molar-refractivity contribution in [2.75, 3.05) is 0 Å². The summed E-state index contributed by atoms with van der Waals surface area (Å²) in [5.74, 6) is 1.38. The Hall–Kier alpha value is -2.80. The highest BCUT2D eigenvalue weighted by Crippen LogP contribution is 2.42. The first kappa shape index (κ1) is 20.5. The zero-order valence-corrected chi connectivity index (χ0v) is 18.1. The Balaban J connectivity index is 1.50. The number of hydrogen-bond donors (Lipinski definition) is 1. The summed E-state index contributed by atoms with van der Waals surface area (Å²) < 4.78 is 36.5. The van der Waals surface area contributed by atoms with Gasteiger partial charge < -0.3 is 14.2 Å². The second kappa shape index (κ2) is 7.47. The molecule has 0 spiro atoms. The van der Waals surface area contributed by atoms with Crippen molar-refractivity contribution >= 4 is 15.7 Å². The number of sulfone groups is 1. The summed E-state index contributed by atoms with van der Waals surface area (Å²) in [6.07, 6.45) is 1.60. The van der Waals surface area contributed by atoms with Crippen molar-refractivity contribution in [2.24, 2.45) is 5.41 Å². The predicted molar refractivity (Wildman–Crippen MR) is 112 cm³/mol. The lowest BCUT2D eigenvalue weighted by atomic mass is 9.74. The van der Waals surface area contributed by atoms with Crippen LogP contribution >= 0.6 is 0 Å². The number of furan rings is 2. The molecule has 0 radical (unpaired) electrons. The zero-order chi connectivity index (χ0) is 21.5. The van der Waals surface area contributed by atoms with E-state index in [0.717, 1.165) is 29.9 Å². The first-order valence-corrected chi connectivity index (χ1v) is 11.5. The van der Waals surface area contributed by atoms with Gasteiger partial charge in [-0.15, -0.1) is 0 Å². The molecule has 30 heavy (non-hydrogen) atoms. The molecule has 0 bridgehead atoms. The highest BCUT2D eigenvalue weighted by atomic mass is 32.2. The Morgan fingerprint density at radius 3 is 2.60 bits per heavy atom. The molecule has 0 saturated carbocycles. The van der Waals surface area contributed by atoms with Crippen LogP contribution in [-0.4, -0.2) is 14.3 Å². The number of aryl methyl sites for hydroxylation is 1. The molecule has 1 aromatic carbocycles. The van der Waals surface area contributed by atoms with Crippen molar-refractivity contribution in [2.45, 2.75) is 50.3 Å². The molecular weight excluding hydrogens is 402 g/mol. The van der Waals surface area contributed by atoms with Crippen LogP contribution in [0.15, 0.2) is 62.3 Å². The molecule has 3 aromatic rings. The van der Waals surface area contributed by atoms with Crippen LogP contribution in [0.1, 0.15) is 59.7 Å². The van der Waals surface area contributed by atoms with E-state index in [2.05, 4.69) is 19.2 Å². The molecule has 1 aliphatic rings. The highest BCUT2D eigenvalue weighted by Gasteiger charge is 2.36. The van der Waals surface area contributed by atoms with Crippen LogP contribution in [0.2, 0.25) is 0 Å². The molecule has 1 aliphatic carbocycles. The second-order valence-electron chi connectivity index (χ2n) is 8.64. The average Bonchev–Trinajstić information content (AvgIpc) is 3.27. The Morgan fingerprint density at radius 1 is 1.13 bits per heavy atom. The van der Waals surface area contributed by atoms with Gasteiger partial charge in [0.05, 0.1) is 10.9 Å². The SMILES string of the molecule is Cc1cc2c(o1)CC(C)(C)C[C@@H]2NC(=O)c1ccc(CS(=O)(=O)c2ccccc2)o1. The van der Waals surface area contributed by atoms with Gasteiger partial charge in [-0.2, -0.15) is 0 Å². The van der Waals surface area contributed by atoms with Crippen LogP contribution in [0.5, 0.6) is 0 Å². The van der Waals surface area contributed by atoms with Crippen molar-refractivity contribution in [3.8, 4) is 0 Å². The fourth-order valence-electron chi connectivity index (χ4n) is 4.02. The number of hydrogen-bond acceptors (Lipinski definition) is 5. The molecule has 158 valence electrons. The molecule has 4 rings (SSSR count). The topological polar surface area (TPSA) is 89.5 Å². The summed E-state index contributed by atoms with van der Waals surface area (Å²) in [6, 6.07) is 13.0. The quantitative estimate of drug-likeness (QED) is 0.643. The van der Waals surface area contributed by atoms with E-state index in [1.54, 1.807) is 30.3 Å². The fraction of sp³-hybridized carbons (Fsp3) is 0.348. The molecule has 7 heteroatoms. The second-order valence-corrected chi connectivity index (χ2v) is 10.6. The maximum atomic E-state index is 12.8. The van der Waals surface area contributed by atoms with Gasteiger partial charge in [-0.3, -0.25) is 4.79 Å². The Bertz CT molecular complexity index is 1170. The number of benzene rings is 1. The van der Waals surface area contributed by atoms with Gasteiger partial charge in [0.15, 0.2) is 15.6 Å². The molecule has 0 unspecified atom stereocenters. The average molecular weight is 428 g/mol. The first-order valence-electron chi connectivity index (χ1n) is 9.90. The fourth-order valence-corrected chi connectivity index (χ4v) is 5.29. The smallest absolute Gasteiger partial charge is 0.287 e. The normalized spacial score (nSPS) is 18.0. The number of carbonyl (C=O) groups excluding carboxylic acids is 1. The van der Waals surface area contributed by atoms with Crippen molar-refractivity contribution < 1.29 is 22.0 Å². The molecule has 0 saturated heterocycles. The van der Waals surface area contributed by atoms with Crippen LogP contribution in [0, 0.1) is 12.3 Å². The van der Waals surface area contributed by atoms with Crippen LogP contribution in [0.3, 0.4) is 0 Å². The van der Waals surface area contributed by atoms with Crippen LogP contribution in [-0.2, 0) is 22.0 Å². The number of rotatable bonds is 5. The van der Waals surface area contributed by atoms with Crippen molar-refractivity contribution in [3.63, 3.8) is 0 Å². The van der Waals surface area contributed by atoms with E-state index in [9.17, 15) is 13.2 Å². The van der Waals surface area contributed by atoms with Gasteiger partial charge >= 0.3 is 0 Å². The highest BCUT2D eigenvalue weighted by molar-refractivity contribution is 7.90. The van der Waals surface area contributed by atoms with Gasteiger partial charge in [0.25, 0.3) is 5.91 Å². The van der Waals surface area contributed by atoms with Gasteiger partial charge in [0, 0.05) is 12.0 Å². The monoisotopic (exact) mass is 427 g/mol. The lowest BCUT2D eigenvalue weighted by Crippen LogP contribution is -2.35. The van der Waals surface area contributed by atoms with Crippen LogP contribution in [0.4, 0.5) is 0 Å². The lowest BCUT2D eigenvalue weighted by molar-refractivity contribution is 0.0887. The zero-order valence-electron chi connectivity index (χ0n) is 17.3. The third-order valence-corrected chi connectivity index (χ3v) is 7.02. The minimum absolute atomic E-state index is 0.00662. The summed E-state index contributed by atoms with van der Waals surface area (Å²) >= 11 is 0. The van der Waals surface area contributed by atoms with Gasteiger partial charge in [0.1, 0.15) is 23.0 Å². The summed E-state index contributed by atoms with van der Waals surface area (Å²) in [7, 11) is -3.54. The third-order valence-electron chi connectivity index (χ3n) is 5.36. The van der Waals surface area contributed by atoms with Crippen molar-refractivity contribution in [1.82, 2.24) is 5.32 Å². The standard InChI is InChI=1S/C23H25NO5S/c1-15-11-18-19(12-23(2,3)13-21(18)28-15)24-22(25)20-10-9-16(29-20)14-30(26,27)17-7-5-4-6-8-17/h4-11,19H,12-14H2,1-3H3,(H,24,25)/t19-/m0/s1.